The number of anilines is 2. The topological polar surface area (TPSA) is 92.9 Å². The predicted octanol–water partition coefficient (Wildman–Crippen LogP) is 1.95. The number of likely N-dealkylation sites (N-methyl/N-ethyl adjacent to an activating group) is 1. The molecule has 1 heterocycles. The fourth-order valence-corrected chi connectivity index (χ4v) is 2.36. The lowest BCUT2D eigenvalue weighted by molar-refractivity contribution is 0.0996. The van der Waals surface area contributed by atoms with Gasteiger partial charge in [0, 0.05) is 5.69 Å². The molecule has 0 spiro atoms. The van der Waals surface area contributed by atoms with Crippen LogP contribution in [0.3, 0.4) is 0 Å². The van der Waals surface area contributed by atoms with Crippen molar-refractivity contribution in [2.45, 2.75) is 26.7 Å². The molecular formula is C17H23N5O. The van der Waals surface area contributed by atoms with Crippen LogP contribution in [0, 0.1) is 6.92 Å². The van der Waals surface area contributed by atoms with Crippen molar-refractivity contribution in [3.05, 3.63) is 46.9 Å². The summed E-state index contributed by atoms with van der Waals surface area (Å²) in [5.74, 6) is -0.178. The normalized spacial score (nSPS) is 10.6. The van der Waals surface area contributed by atoms with Gasteiger partial charge in [0.1, 0.15) is 0 Å². The van der Waals surface area contributed by atoms with Gasteiger partial charge in [0.2, 0.25) is 0 Å². The lowest BCUT2D eigenvalue weighted by atomic mass is 10.1. The quantitative estimate of drug-likeness (QED) is 0.726. The minimum atomic E-state index is -0.586. The Morgan fingerprint density at radius 1 is 1.30 bits per heavy atom. The fourth-order valence-electron chi connectivity index (χ4n) is 2.36. The first-order chi connectivity index (χ1) is 11.0. The molecule has 2 rings (SSSR count). The molecule has 0 saturated carbocycles. The smallest absolute Gasteiger partial charge is 0.271 e. The van der Waals surface area contributed by atoms with Crippen molar-refractivity contribution in [2.75, 3.05) is 18.9 Å². The summed E-state index contributed by atoms with van der Waals surface area (Å²) in [7, 11) is 1.93. The maximum atomic E-state index is 11.6. The van der Waals surface area contributed by atoms with Gasteiger partial charge >= 0.3 is 0 Å². The third-order valence-corrected chi connectivity index (χ3v) is 3.59. The average molecular weight is 313 g/mol. The van der Waals surface area contributed by atoms with E-state index in [1.54, 1.807) is 0 Å². The van der Waals surface area contributed by atoms with E-state index in [0.717, 1.165) is 36.5 Å². The Morgan fingerprint density at radius 2 is 2.09 bits per heavy atom. The van der Waals surface area contributed by atoms with Crippen molar-refractivity contribution in [1.29, 1.82) is 0 Å². The van der Waals surface area contributed by atoms with Crippen LogP contribution in [-0.2, 0) is 12.8 Å². The molecule has 1 amide bonds. The summed E-state index contributed by atoms with van der Waals surface area (Å²) in [6.07, 6.45) is 1.67. The van der Waals surface area contributed by atoms with Gasteiger partial charge in [-0.25, -0.2) is 9.97 Å². The van der Waals surface area contributed by atoms with Crippen LogP contribution in [0.1, 0.15) is 34.4 Å². The molecule has 1 aromatic heterocycles. The summed E-state index contributed by atoms with van der Waals surface area (Å²) in [5.41, 5.74) is 9.24. The van der Waals surface area contributed by atoms with E-state index in [0.29, 0.717) is 5.82 Å². The molecule has 4 N–H and O–H groups in total. The standard InChI is InChI=1S/C17H23N5O/c1-4-14-11(2)20-15(16(18)23)17(22-14)21-13-7-5-6-12(10-13)8-9-19-3/h5-7,10,19H,4,8-9H2,1-3H3,(H2,18,23)(H,21,22). The molecule has 6 heteroatoms. The van der Waals surface area contributed by atoms with Crippen molar-refractivity contribution in [3.8, 4) is 0 Å². The Kier molecular flexibility index (Phi) is 5.65. The van der Waals surface area contributed by atoms with Crippen molar-refractivity contribution in [2.24, 2.45) is 5.73 Å². The van der Waals surface area contributed by atoms with E-state index in [1.807, 2.05) is 39.1 Å². The highest BCUT2D eigenvalue weighted by Gasteiger charge is 2.15. The van der Waals surface area contributed by atoms with Crippen LogP contribution in [-0.4, -0.2) is 29.5 Å². The highest BCUT2D eigenvalue weighted by atomic mass is 16.1. The van der Waals surface area contributed by atoms with Gasteiger partial charge in [-0.1, -0.05) is 19.1 Å². The lowest BCUT2D eigenvalue weighted by Crippen LogP contribution is -2.18. The number of aromatic nitrogens is 2. The van der Waals surface area contributed by atoms with Crippen LogP contribution in [0.15, 0.2) is 24.3 Å². The van der Waals surface area contributed by atoms with Crippen LogP contribution in [0.4, 0.5) is 11.5 Å². The predicted molar refractivity (Wildman–Crippen MR) is 92.0 cm³/mol. The molecule has 0 aliphatic heterocycles. The van der Waals surface area contributed by atoms with Gasteiger partial charge in [-0.15, -0.1) is 0 Å². The SMILES string of the molecule is CCc1nc(Nc2cccc(CCNC)c2)c(C(N)=O)nc1C. The van der Waals surface area contributed by atoms with E-state index in [-0.39, 0.29) is 5.69 Å². The van der Waals surface area contributed by atoms with E-state index in [2.05, 4.69) is 26.7 Å². The van der Waals surface area contributed by atoms with Crippen LogP contribution >= 0.6 is 0 Å². The first-order valence-corrected chi connectivity index (χ1v) is 7.73. The van der Waals surface area contributed by atoms with Gasteiger partial charge in [-0.2, -0.15) is 0 Å². The molecule has 0 bridgehead atoms. The summed E-state index contributed by atoms with van der Waals surface area (Å²) in [5, 5.41) is 6.30. The Labute approximate surface area is 136 Å². The number of nitrogens with zero attached hydrogens (tertiary/aromatic N) is 2. The fraction of sp³-hybridized carbons (Fsp3) is 0.353. The Bertz CT molecular complexity index is 699. The van der Waals surface area contributed by atoms with Crippen LogP contribution in [0.25, 0.3) is 0 Å². The zero-order valence-electron chi connectivity index (χ0n) is 13.8. The van der Waals surface area contributed by atoms with Gasteiger partial charge < -0.3 is 16.4 Å². The molecule has 0 radical (unpaired) electrons. The van der Waals surface area contributed by atoms with E-state index in [4.69, 9.17) is 5.73 Å². The number of nitrogens with two attached hydrogens (primary N) is 1. The zero-order valence-corrected chi connectivity index (χ0v) is 13.8. The van der Waals surface area contributed by atoms with E-state index >= 15 is 0 Å². The second kappa shape index (κ2) is 7.69. The van der Waals surface area contributed by atoms with Crippen LogP contribution < -0.4 is 16.4 Å². The molecular weight excluding hydrogens is 290 g/mol. The third-order valence-electron chi connectivity index (χ3n) is 3.59. The van der Waals surface area contributed by atoms with E-state index in [9.17, 15) is 4.79 Å². The maximum Gasteiger partial charge on any atom is 0.271 e. The average Bonchev–Trinajstić information content (AvgIpc) is 2.54. The largest absolute Gasteiger partial charge is 0.364 e. The second-order valence-corrected chi connectivity index (χ2v) is 5.35. The molecule has 23 heavy (non-hydrogen) atoms. The number of carbonyl (C=O) groups excluding carboxylic acids is 1. The maximum absolute atomic E-state index is 11.6. The second-order valence-electron chi connectivity index (χ2n) is 5.35. The third kappa shape index (κ3) is 4.26. The van der Waals surface area contributed by atoms with Crippen LogP contribution in [0.5, 0.6) is 0 Å². The number of hydrogen-bond acceptors (Lipinski definition) is 5. The number of nitrogens with one attached hydrogen (secondary N) is 2. The molecule has 0 fully saturated rings. The van der Waals surface area contributed by atoms with Gasteiger partial charge in [-0.05, 0) is 51.1 Å². The Hall–Kier alpha value is -2.47. The van der Waals surface area contributed by atoms with Crippen molar-refractivity contribution < 1.29 is 4.79 Å². The first-order valence-electron chi connectivity index (χ1n) is 7.73. The first kappa shape index (κ1) is 16.9. The number of benzene rings is 1. The molecule has 0 aliphatic rings. The van der Waals surface area contributed by atoms with Crippen molar-refractivity contribution >= 4 is 17.4 Å². The molecule has 122 valence electrons. The molecule has 0 saturated heterocycles. The number of hydrogen-bond donors (Lipinski definition) is 3. The number of aryl methyl sites for hydroxylation is 2. The Morgan fingerprint density at radius 3 is 2.74 bits per heavy atom. The zero-order chi connectivity index (χ0) is 16.8. The minimum absolute atomic E-state index is 0.167. The van der Waals surface area contributed by atoms with Gasteiger partial charge in [-0.3, -0.25) is 4.79 Å². The summed E-state index contributed by atoms with van der Waals surface area (Å²) < 4.78 is 0. The molecule has 0 aliphatic carbocycles. The Balaban J connectivity index is 2.33. The monoisotopic (exact) mass is 313 g/mol. The van der Waals surface area contributed by atoms with E-state index in [1.165, 1.54) is 5.56 Å². The number of amides is 1. The molecule has 2 aromatic rings. The highest BCUT2D eigenvalue weighted by Crippen LogP contribution is 2.20. The summed E-state index contributed by atoms with van der Waals surface area (Å²) in [6.45, 7) is 4.74. The highest BCUT2D eigenvalue weighted by molar-refractivity contribution is 5.96. The molecule has 0 atom stereocenters. The van der Waals surface area contributed by atoms with Crippen LogP contribution in [0.2, 0.25) is 0 Å². The van der Waals surface area contributed by atoms with Gasteiger partial charge in [0.25, 0.3) is 5.91 Å². The summed E-state index contributed by atoms with van der Waals surface area (Å²) >= 11 is 0. The van der Waals surface area contributed by atoms with Gasteiger partial charge in [0.05, 0.1) is 11.4 Å². The van der Waals surface area contributed by atoms with Crippen molar-refractivity contribution in [3.63, 3.8) is 0 Å². The van der Waals surface area contributed by atoms with E-state index < -0.39 is 5.91 Å². The molecule has 6 nitrogen and oxygen atoms in total. The summed E-state index contributed by atoms with van der Waals surface area (Å²) in [4.78, 5) is 20.5. The van der Waals surface area contributed by atoms with Gasteiger partial charge in [0.15, 0.2) is 11.5 Å². The molecule has 0 unspecified atom stereocenters. The minimum Gasteiger partial charge on any atom is -0.364 e. The lowest BCUT2D eigenvalue weighted by Gasteiger charge is -2.12. The number of primary amides is 1. The summed E-state index contributed by atoms with van der Waals surface area (Å²) in [6, 6.07) is 8.01. The number of carbonyl (C=O) groups is 1. The molecule has 1 aromatic carbocycles. The van der Waals surface area contributed by atoms with Crippen molar-refractivity contribution in [1.82, 2.24) is 15.3 Å². The number of rotatable bonds is 7.